The minimum absolute atomic E-state index is 0. The van der Waals surface area contributed by atoms with E-state index in [1.807, 2.05) is 0 Å². The van der Waals surface area contributed by atoms with Crippen molar-refractivity contribution in [2.24, 2.45) is 0 Å². The molecule has 8 rings (SSSR count). The van der Waals surface area contributed by atoms with Crippen LogP contribution in [0.1, 0.15) is 36.1 Å². The van der Waals surface area contributed by atoms with Crippen molar-refractivity contribution in [3.05, 3.63) is 128 Å². The Hall–Kier alpha value is -2.83. The predicted octanol–water partition coefficient (Wildman–Crippen LogP) is -0.413. The molecular weight excluding hydrogens is 607 g/mol. The summed E-state index contributed by atoms with van der Waals surface area (Å²) in [6, 6.07) is 18.0. The van der Waals surface area contributed by atoms with Gasteiger partial charge in [-0.25, -0.2) is 0 Å². The molecule has 0 bridgehead atoms. The van der Waals surface area contributed by atoms with E-state index in [0.29, 0.717) is 0 Å². The Bertz CT molecular complexity index is 2030. The van der Waals surface area contributed by atoms with E-state index in [4.69, 9.17) is 0 Å². The van der Waals surface area contributed by atoms with Gasteiger partial charge >= 0.3 is 232 Å². The van der Waals surface area contributed by atoms with Crippen molar-refractivity contribution in [1.29, 1.82) is 0 Å². The van der Waals surface area contributed by atoms with Crippen molar-refractivity contribution in [2.75, 3.05) is 0 Å². The molecule has 0 saturated heterocycles. The predicted molar refractivity (Wildman–Crippen MR) is 162 cm³/mol. The van der Waals surface area contributed by atoms with Gasteiger partial charge < -0.3 is 24.8 Å². The van der Waals surface area contributed by atoms with Crippen molar-refractivity contribution >= 4 is 55.6 Å². The van der Waals surface area contributed by atoms with Gasteiger partial charge in [-0.3, -0.25) is 0 Å². The zero-order valence-corrected chi connectivity index (χ0v) is 26.5. The van der Waals surface area contributed by atoms with Crippen LogP contribution in [0.25, 0.3) is 52.4 Å². The monoisotopic (exact) mass is 632 g/mol. The summed E-state index contributed by atoms with van der Waals surface area (Å²) in [6.07, 6.45) is 25.8. The first kappa shape index (κ1) is 27.3. The van der Waals surface area contributed by atoms with Crippen LogP contribution in [0.15, 0.2) is 85.0 Å². The third-order valence-electron chi connectivity index (χ3n) is 8.66. The topological polar surface area (TPSA) is 0 Å². The molecule has 4 aliphatic carbocycles. The molecule has 4 aromatic carbocycles. The number of benzene rings is 4. The molecule has 0 aliphatic heterocycles. The van der Waals surface area contributed by atoms with Crippen LogP contribution in [0.4, 0.5) is 0 Å². The summed E-state index contributed by atoms with van der Waals surface area (Å²) < 4.78 is 4.94. The van der Waals surface area contributed by atoms with E-state index in [1.54, 1.807) is 20.9 Å². The van der Waals surface area contributed by atoms with E-state index in [-0.39, 0.29) is 24.8 Å². The van der Waals surface area contributed by atoms with Gasteiger partial charge in [0.15, 0.2) is 0 Å². The van der Waals surface area contributed by atoms with Gasteiger partial charge in [-0.05, 0) is 0 Å². The van der Waals surface area contributed by atoms with Crippen LogP contribution in [0.2, 0.25) is 0 Å². The molecule has 4 aromatic rings. The van der Waals surface area contributed by atoms with E-state index in [2.05, 4.69) is 123 Å². The van der Waals surface area contributed by atoms with Crippen molar-refractivity contribution in [1.82, 2.24) is 0 Å². The minimum atomic E-state index is -2.43. The number of hydrogen-bond donors (Lipinski definition) is 0. The summed E-state index contributed by atoms with van der Waals surface area (Å²) in [5, 5.41) is 11.3. The molecule has 40 heavy (non-hydrogen) atoms. The summed E-state index contributed by atoms with van der Waals surface area (Å²) in [6.45, 7) is 4.82. The molecular formula is C37H28Cl2Zr. The van der Waals surface area contributed by atoms with Gasteiger partial charge in [0.2, 0.25) is 0 Å². The molecule has 0 unspecified atom stereocenters. The number of fused-ring (bicyclic) bond motifs is 12. The first-order valence-corrected chi connectivity index (χ1v) is 17.3. The van der Waals surface area contributed by atoms with Crippen LogP contribution in [0, 0.1) is 0 Å². The summed E-state index contributed by atoms with van der Waals surface area (Å²) in [4.78, 5) is 0. The van der Waals surface area contributed by atoms with Crippen LogP contribution >= 0.6 is 0 Å². The van der Waals surface area contributed by atoms with Crippen LogP contribution in [0.5, 0.6) is 0 Å². The van der Waals surface area contributed by atoms with E-state index in [1.165, 1.54) is 53.5 Å². The fourth-order valence-corrected chi connectivity index (χ4v) is 14.4. The molecule has 4 aliphatic rings. The number of halogens is 2. The van der Waals surface area contributed by atoms with Gasteiger partial charge in [-0.2, -0.15) is 0 Å². The summed E-state index contributed by atoms with van der Waals surface area (Å²) >= 11 is -2.43. The van der Waals surface area contributed by atoms with Crippen molar-refractivity contribution < 1.29 is 46.1 Å². The minimum Gasteiger partial charge on any atom is -1.00 e. The SMILES string of the molecule is C[C](C)=[Zr+2]([C]1=CC=c2c1c1c(c3ccccc23)=CC=CC1)[C]1=CC=c2c1c1c(c3ccccc23)=CC=CC1.[Cl-].[Cl-]. The second kappa shape index (κ2) is 10.5. The summed E-state index contributed by atoms with van der Waals surface area (Å²) in [5.74, 6) is 0. The van der Waals surface area contributed by atoms with E-state index in [9.17, 15) is 0 Å². The number of rotatable bonds is 2. The Labute approximate surface area is 254 Å². The van der Waals surface area contributed by atoms with Gasteiger partial charge in [0.1, 0.15) is 0 Å². The molecule has 0 aromatic heterocycles. The first-order valence-electron chi connectivity index (χ1n) is 13.7. The van der Waals surface area contributed by atoms with Crippen molar-refractivity contribution in [3.63, 3.8) is 0 Å². The second-order valence-corrected chi connectivity index (χ2v) is 17.9. The molecule has 3 heteroatoms. The molecule has 0 atom stereocenters. The van der Waals surface area contributed by atoms with Crippen LogP contribution in [-0.4, -0.2) is 3.21 Å². The maximum atomic E-state index is 2.51. The Morgan fingerprint density at radius 1 is 0.525 bits per heavy atom. The zero-order chi connectivity index (χ0) is 25.4. The smallest absolute Gasteiger partial charge is 1.00 e. The molecule has 0 radical (unpaired) electrons. The third-order valence-corrected chi connectivity index (χ3v) is 15.8. The average Bonchev–Trinajstić information content (AvgIpc) is 3.60. The first-order chi connectivity index (χ1) is 18.7. The molecule has 194 valence electrons. The van der Waals surface area contributed by atoms with Gasteiger partial charge in [0.25, 0.3) is 0 Å². The van der Waals surface area contributed by atoms with Crippen LogP contribution in [-0.2, 0) is 34.1 Å². The molecule has 0 fully saturated rings. The van der Waals surface area contributed by atoms with E-state index < -0.39 is 21.3 Å². The molecule has 0 spiro atoms. The van der Waals surface area contributed by atoms with Crippen LogP contribution in [0.3, 0.4) is 0 Å². The van der Waals surface area contributed by atoms with Gasteiger partial charge in [0.05, 0.1) is 0 Å². The fraction of sp³-hybridized carbons (Fsp3) is 0.108. The third kappa shape index (κ3) is 3.86. The molecule has 0 nitrogen and oxygen atoms in total. The van der Waals surface area contributed by atoms with Gasteiger partial charge in [-0.15, -0.1) is 0 Å². The Morgan fingerprint density at radius 2 is 0.925 bits per heavy atom. The van der Waals surface area contributed by atoms with Gasteiger partial charge in [0, 0.05) is 0 Å². The summed E-state index contributed by atoms with van der Waals surface area (Å²) in [5.41, 5.74) is 6.15. The fourth-order valence-electron chi connectivity index (χ4n) is 7.16. The molecule has 0 saturated carbocycles. The molecule has 0 N–H and O–H groups in total. The molecule has 0 amide bonds. The standard InChI is InChI=1S/2C17H11.C3H6.2ClH.Zr/c2*1-3-8-14-12(6-1)13-7-2-4-9-15(13)17-11-5-10-16(14)17;1-3-2;;;/h2*1-8,10H,9H2;1-2H3;2*1H;/q;;;;;+2/p-2. The Kier molecular flexibility index (Phi) is 7.20. The van der Waals surface area contributed by atoms with E-state index in [0.717, 1.165) is 12.8 Å². The molecule has 0 heterocycles. The maximum absolute atomic E-state index is 2.51. The van der Waals surface area contributed by atoms with Gasteiger partial charge in [-0.1, -0.05) is 0 Å². The average molecular weight is 635 g/mol. The largest absolute Gasteiger partial charge is 1.00 e. The maximum Gasteiger partial charge on any atom is -1.00 e. The van der Waals surface area contributed by atoms with E-state index >= 15 is 0 Å². The number of allylic oxidation sites excluding steroid dienone is 6. The zero-order valence-electron chi connectivity index (χ0n) is 22.6. The van der Waals surface area contributed by atoms with Crippen molar-refractivity contribution in [3.8, 4) is 0 Å². The normalized spacial score (nSPS) is 14.8. The van der Waals surface area contributed by atoms with Crippen LogP contribution < -0.4 is 45.7 Å². The quantitative estimate of drug-likeness (QED) is 0.282. The number of hydrogen-bond acceptors (Lipinski definition) is 0. The summed E-state index contributed by atoms with van der Waals surface area (Å²) in [7, 11) is 0. The second-order valence-electron chi connectivity index (χ2n) is 10.9. The Balaban J connectivity index is 0.00000145. The van der Waals surface area contributed by atoms with Crippen molar-refractivity contribution in [2.45, 2.75) is 26.7 Å². The Morgan fingerprint density at radius 3 is 1.32 bits per heavy atom.